The minimum absolute atomic E-state index is 0.0517. The first kappa shape index (κ1) is 19.7. The number of nitrogens with zero attached hydrogens (tertiary/aromatic N) is 2. The van der Waals surface area contributed by atoms with Crippen molar-refractivity contribution in [1.29, 1.82) is 5.39 Å². The molecule has 3 aliphatic carbocycles. The van der Waals surface area contributed by atoms with E-state index in [1.807, 2.05) is 0 Å². The number of hydrogen-bond donors (Lipinski definition) is 1. The average Bonchev–Trinajstić information content (AvgIpc) is 2.54. The molecule has 0 heterocycles. The van der Waals surface area contributed by atoms with Crippen LogP contribution in [0.15, 0.2) is 12.0 Å². The van der Waals surface area contributed by atoms with E-state index in [-0.39, 0.29) is 16.8 Å². The molecule has 3 saturated carbocycles. The van der Waals surface area contributed by atoms with E-state index in [0.717, 1.165) is 24.7 Å². The Kier molecular flexibility index (Phi) is 5.16. The predicted octanol–water partition coefficient (Wildman–Crippen LogP) is 6.45. The summed E-state index contributed by atoms with van der Waals surface area (Å²) < 4.78 is 6.33. The van der Waals surface area contributed by atoms with Crippen molar-refractivity contribution in [2.75, 3.05) is 0 Å². The summed E-state index contributed by atoms with van der Waals surface area (Å²) in [5.74, 6) is 2.44. The van der Waals surface area contributed by atoms with Gasteiger partial charge in [0, 0.05) is 5.41 Å². The first-order chi connectivity index (χ1) is 12.1. The Morgan fingerprint density at radius 1 is 1.15 bits per heavy atom. The summed E-state index contributed by atoms with van der Waals surface area (Å²) in [5.41, 5.74) is 0.135. The van der Waals surface area contributed by atoms with Crippen LogP contribution in [0.2, 0.25) is 0 Å². The molecule has 0 saturated heterocycles. The van der Waals surface area contributed by atoms with E-state index in [2.05, 4.69) is 39.6 Å². The van der Waals surface area contributed by atoms with Gasteiger partial charge in [-0.05, 0) is 95.3 Å². The molecular formula is C22H37N2O2+. The number of hydrogen-bond acceptors (Lipinski definition) is 3. The summed E-state index contributed by atoms with van der Waals surface area (Å²) in [4.78, 5) is 3.05. The van der Waals surface area contributed by atoms with E-state index in [9.17, 15) is 5.11 Å². The van der Waals surface area contributed by atoms with Crippen molar-refractivity contribution in [3.63, 3.8) is 0 Å². The van der Waals surface area contributed by atoms with Gasteiger partial charge in [0.05, 0.1) is 11.7 Å². The molecular weight excluding hydrogens is 324 g/mol. The molecule has 0 amide bonds. The highest BCUT2D eigenvalue weighted by molar-refractivity contribution is 5.12. The zero-order chi connectivity index (χ0) is 19.2. The molecule has 1 N–H and O–H groups in total. The van der Waals surface area contributed by atoms with Crippen LogP contribution in [0.1, 0.15) is 86.0 Å². The summed E-state index contributed by atoms with van der Waals surface area (Å²) in [6.45, 7) is 11.2. The van der Waals surface area contributed by atoms with Crippen molar-refractivity contribution in [2.24, 2.45) is 28.6 Å². The Labute approximate surface area is 159 Å². The molecule has 0 aromatic rings. The molecule has 2 unspecified atom stereocenters. The zero-order valence-electron chi connectivity index (χ0n) is 17.3. The molecule has 0 aliphatic heterocycles. The summed E-state index contributed by atoms with van der Waals surface area (Å²) in [6.07, 6.45) is 11.0. The second-order valence-corrected chi connectivity index (χ2v) is 10.7. The fourth-order valence-corrected chi connectivity index (χ4v) is 6.49. The Bertz CT molecular complexity index is 602. The lowest BCUT2D eigenvalue weighted by Gasteiger charge is -2.58. The lowest BCUT2D eigenvalue weighted by Crippen LogP contribution is -2.51. The molecule has 26 heavy (non-hydrogen) atoms. The van der Waals surface area contributed by atoms with Gasteiger partial charge in [0.2, 0.25) is 5.39 Å². The van der Waals surface area contributed by atoms with E-state index in [1.54, 1.807) is 0 Å². The van der Waals surface area contributed by atoms with Crippen LogP contribution in [0.5, 0.6) is 0 Å². The van der Waals surface area contributed by atoms with Crippen molar-refractivity contribution in [3.8, 4) is 0 Å². The summed E-state index contributed by atoms with van der Waals surface area (Å²) in [7, 11) is 0. The van der Waals surface area contributed by atoms with Gasteiger partial charge in [-0.3, -0.25) is 0 Å². The van der Waals surface area contributed by atoms with Gasteiger partial charge < -0.3 is 9.84 Å². The van der Waals surface area contributed by atoms with Crippen LogP contribution in [0, 0.1) is 34.0 Å². The first-order valence-electron chi connectivity index (χ1n) is 10.5. The van der Waals surface area contributed by atoms with E-state index in [1.165, 1.54) is 44.7 Å². The highest BCUT2D eigenvalue weighted by Crippen LogP contribution is 2.62. The van der Waals surface area contributed by atoms with E-state index >= 15 is 0 Å². The quantitative estimate of drug-likeness (QED) is 0.454. The summed E-state index contributed by atoms with van der Waals surface area (Å²) in [5, 5.41) is 19.1. The monoisotopic (exact) mass is 361 g/mol. The largest absolute Gasteiger partial charge is 0.505 e. The zero-order valence-corrected chi connectivity index (χ0v) is 17.3. The van der Waals surface area contributed by atoms with Gasteiger partial charge >= 0.3 is 6.20 Å². The van der Waals surface area contributed by atoms with Crippen molar-refractivity contribution in [3.05, 3.63) is 16.9 Å². The topological polar surface area (TPSA) is 57.6 Å². The number of allylic oxidation sites excluding steroid dienone is 1. The molecule has 3 rings (SSSR count). The molecule has 0 bridgehead atoms. The van der Waals surface area contributed by atoms with Gasteiger partial charge in [0.1, 0.15) is 0 Å². The molecule has 0 aromatic heterocycles. The smallest absolute Gasteiger partial charge is 0.387 e. The SMILES string of the molecule is CC(C)(C)O[C@@H]1CC[C@]2(C)C3CC[C@](C)(/C(O)=C/[N+]#N)CC3CC[C@H]2C1. The van der Waals surface area contributed by atoms with Gasteiger partial charge in [-0.15, -0.1) is 0 Å². The second kappa shape index (κ2) is 6.82. The van der Waals surface area contributed by atoms with Crippen LogP contribution in [0.25, 0.3) is 4.98 Å². The number of aliphatic hydroxyl groups excluding tert-OH is 1. The van der Waals surface area contributed by atoms with Crippen molar-refractivity contribution in [2.45, 2.75) is 97.7 Å². The van der Waals surface area contributed by atoms with Crippen LogP contribution in [-0.2, 0) is 4.74 Å². The number of rotatable bonds is 2. The van der Waals surface area contributed by atoms with Crippen molar-refractivity contribution < 1.29 is 9.84 Å². The molecule has 146 valence electrons. The fourth-order valence-electron chi connectivity index (χ4n) is 6.49. The minimum atomic E-state index is -0.233. The maximum atomic E-state index is 10.4. The highest BCUT2D eigenvalue weighted by Gasteiger charge is 2.54. The standard InChI is InChI=1S/C22H36N2O2/c1-20(2,3)26-17-8-11-22(5)16(12-17)7-6-15-13-21(4,10-9-18(15)22)19(25)14-24-23/h14-18H,6-13H2,1-5H3/p+1/b19-14-/t15?,16-,17+,18?,21-,22-/m0/s1. The third-order valence-electron chi connectivity index (χ3n) is 7.83. The molecule has 0 aromatic carbocycles. The van der Waals surface area contributed by atoms with Gasteiger partial charge in [0.15, 0.2) is 10.7 Å². The lowest BCUT2D eigenvalue weighted by atomic mass is 9.47. The lowest BCUT2D eigenvalue weighted by molar-refractivity contribution is -0.141. The summed E-state index contributed by atoms with van der Waals surface area (Å²) >= 11 is 0. The predicted molar refractivity (Wildman–Crippen MR) is 104 cm³/mol. The second-order valence-electron chi connectivity index (χ2n) is 10.7. The van der Waals surface area contributed by atoms with E-state index in [4.69, 9.17) is 10.1 Å². The van der Waals surface area contributed by atoms with Crippen LogP contribution >= 0.6 is 0 Å². The average molecular weight is 362 g/mol. The van der Waals surface area contributed by atoms with Crippen molar-refractivity contribution in [1.82, 2.24) is 0 Å². The minimum Gasteiger partial charge on any atom is -0.505 e. The number of ether oxygens (including phenoxy) is 1. The Morgan fingerprint density at radius 2 is 1.88 bits per heavy atom. The van der Waals surface area contributed by atoms with Crippen molar-refractivity contribution >= 4 is 0 Å². The Morgan fingerprint density at radius 3 is 2.54 bits per heavy atom. The maximum Gasteiger partial charge on any atom is 0.387 e. The van der Waals surface area contributed by atoms with Gasteiger partial charge in [-0.1, -0.05) is 13.8 Å². The third kappa shape index (κ3) is 3.65. The van der Waals surface area contributed by atoms with E-state index in [0.29, 0.717) is 17.4 Å². The first-order valence-corrected chi connectivity index (χ1v) is 10.5. The molecule has 4 heteroatoms. The van der Waals surface area contributed by atoms with E-state index < -0.39 is 0 Å². The van der Waals surface area contributed by atoms with Crippen LogP contribution in [0.4, 0.5) is 0 Å². The molecule has 4 nitrogen and oxygen atoms in total. The molecule has 0 radical (unpaired) electrons. The molecule has 0 spiro atoms. The normalized spacial score (nSPS) is 43.9. The summed E-state index contributed by atoms with van der Waals surface area (Å²) in [6, 6.07) is 0. The van der Waals surface area contributed by atoms with Gasteiger partial charge in [-0.25, -0.2) is 0 Å². The Hall–Kier alpha value is -1.08. The highest BCUT2D eigenvalue weighted by atomic mass is 16.5. The van der Waals surface area contributed by atoms with Crippen LogP contribution in [-0.4, -0.2) is 16.8 Å². The molecule has 6 atom stereocenters. The third-order valence-corrected chi connectivity index (χ3v) is 7.83. The number of diazo groups is 1. The Balaban J connectivity index is 1.71. The van der Waals surface area contributed by atoms with Gasteiger partial charge in [0.25, 0.3) is 0 Å². The van der Waals surface area contributed by atoms with Crippen LogP contribution in [0.3, 0.4) is 0 Å². The molecule has 3 aliphatic rings. The number of fused-ring (bicyclic) bond motifs is 3. The maximum absolute atomic E-state index is 10.4. The molecule has 3 fully saturated rings. The van der Waals surface area contributed by atoms with Crippen LogP contribution < -0.4 is 0 Å². The fraction of sp³-hybridized carbons (Fsp3) is 0.909. The number of aliphatic hydroxyl groups is 1. The van der Waals surface area contributed by atoms with Gasteiger partial charge in [-0.2, -0.15) is 0 Å².